The van der Waals surface area contributed by atoms with Gasteiger partial charge in [0, 0.05) is 18.1 Å². The summed E-state index contributed by atoms with van der Waals surface area (Å²) in [7, 11) is 0. The van der Waals surface area contributed by atoms with E-state index in [0.717, 1.165) is 16.6 Å². The fraction of sp³-hybridized carbons (Fsp3) is 0.308. The molecule has 0 radical (unpaired) electrons. The van der Waals surface area contributed by atoms with E-state index in [-0.39, 0.29) is 13.0 Å². The molecule has 9 nitrogen and oxygen atoms in total. The number of rotatable bonds is 4. The molecule has 1 saturated heterocycles. The molecule has 2 aromatic heterocycles. The van der Waals surface area contributed by atoms with E-state index >= 15 is 0 Å². The molecule has 4 aromatic rings. The number of carboxylic acids is 1. The first-order chi connectivity index (χ1) is 16.7. The summed E-state index contributed by atoms with van der Waals surface area (Å²) in [6, 6.07) is 18.1. The van der Waals surface area contributed by atoms with Gasteiger partial charge in [-0.25, -0.2) is 24.0 Å². The zero-order valence-electron chi connectivity index (χ0n) is 19.7. The van der Waals surface area contributed by atoms with Crippen molar-refractivity contribution in [1.82, 2.24) is 19.3 Å². The van der Waals surface area contributed by atoms with Gasteiger partial charge < -0.3 is 14.6 Å². The highest BCUT2D eigenvalue weighted by atomic mass is 16.6. The highest BCUT2D eigenvalue weighted by molar-refractivity contribution is 5.82. The van der Waals surface area contributed by atoms with E-state index in [1.165, 1.54) is 4.90 Å². The lowest BCUT2D eigenvalue weighted by Crippen LogP contribution is -2.43. The number of para-hydroxylation sites is 2. The summed E-state index contributed by atoms with van der Waals surface area (Å²) in [6.45, 7) is 5.32. The molecule has 1 N–H and O–H groups in total. The van der Waals surface area contributed by atoms with Crippen molar-refractivity contribution in [3.63, 3.8) is 0 Å². The first-order valence-electron chi connectivity index (χ1n) is 11.4. The highest BCUT2D eigenvalue weighted by Gasteiger charge is 2.43. The minimum Gasteiger partial charge on any atom is -0.480 e. The molecular formula is C26H26N4O5. The molecule has 0 saturated carbocycles. The van der Waals surface area contributed by atoms with Gasteiger partial charge in [-0.2, -0.15) is 0 Å². The molecule has 35 heavy (non-hydrogen) atoms. The van der Waals surface area contributed by atoms with Crippen molar-refractivity contribution in [2.24, 2.45) is 0 Å². The van der Waals surface area contributed by atoms with E-state index in [4.69, 9.17) is 14.5 Å². The fourth-order valence-electron chi connectivity index (χ4n) is 4.28. The van der Waals surface area contributed by atoms with Crippen LogP contribution in [0.5, 0.6) is 5.88 Å². The summed E-state index contributed by atoms with van der Waals surface area (Å²) < 4.78 is 13.6. The highest BCUT2D eigenvalue weighted by Crippen LogP contribution is 2.31. The number of carbonyl (C=O) groups is 2. The first-order valence-corrected chi connectivity index (χ1v) is 11.4. The molecule has 180 valence electrons. The van der Waals surface area contributed by atoms with Crippen molar-refractivity contribution < 1.29 is 24.2 Å². The van der Waals surface area contributed by atoms with Crippen molar-refractivity contribution in [3.8, 4) is 17.1 Å². The second-order valence-corrected chi connectivity index (χ2v) is 9.54. The minimum atomic E-state index is -1.10. The number of nitrogens with zero attached hydrogens (tertiary/aromatic N) is 4. The molecule has 0 aliphatic carbocycles. The van der Waals surface area contributed by atoms with Gasteiger partial charge >= 0.3 is 12.1 Å². The van der Waals surface area contributed by atoms with Crippen LogP contribution in [-0.4, -0.2) is 60.7 Å². The molecule has 1 amide bonds. The monoisotopic (exact) mass is 474 g/mol. The number of imidazole rings is 1. The number of aliphatic carboxylic acids is 1. The summed E-state index contributed by atoms with van der Waals surface area (Å²) in [4.78, 5) is 35.3. The number of amides is 1. The first kappa shape index (κ1) is 22.6. The van der Waals surface area contributed by atoms with Crippen molar-refractivity contribution >= 4 is 28.9 Å². The Kier molecular flexibility index (Phi) is 5.55. The molecule has 9 heteroatoms. The summed E-state index contributed by atoms with van der Waals surface area (Å²) >= 11 is 0. The van der Waals surface area contributed by atoms with Gasteiger partial charge in [-0.05, 0) is 32.9 Å². The Balaban J connectivity index is 1.54. The lowest BCUT2D eigenvalue weighted by atomic mass is 10.1. The maximum atomic E-state index is 12.7. The summed E-state index contributed by atoms with van der Waals surface area (Å²) in [5.74, 6) is -0.151. The number of aromatic nitrogens is 3. The predicted molar refractivity (Wildman–Crippen MR) is 129 cm³/mol. The van der Waals surface area contributed by atoms with Crippen LogP contribution in [-0.2, 0) is 9.53 Å². The maximum Gasteiger partial charge on any atom is 0.411 e. The van der Waals surface area contributed by atoms with Gasteiger partial charge in [-0.3, -0.25) is 4.90 Å². The molecule has 2 aromatic carbocycles. The van der Waals surface area contributed by atoms with Crippen LogP contribution in [0.1, 0.15) is 27.2 Å². The van der Waals surface area contributed by atoms with E-state index in [9.17, 15) is 14.7 Å². The van der Waals surface area contributed by atoms with Gasteiger partial charge in [0.1, 0.15) is 17.7 Å². The van der Waals surface area contributed by atoms with E-state index in [2.05, 4.69) is 4.98 Å². The van der Waals surface area contributed by atoms with Gasteiger partial charge in [0.25, 0.3) is 0 Å². The Morgan fingerprint density at radius 3 is 2.46 bits per heavy atom. The Morgan fingerprint density at radius 2 is 1.74 bits per heavy atom. The largest absolute Gasteiger partial charge is 0.480 e. The van der Waals surface area contributed by atoms with Gasteiger partial charge in [0.15, 0.2) is 0 Å². The maximum absolute atomic E-state index is 12.7. The van der Waals surface area contributed by atoms with Gasteiger partial charge in [-0.1, -0.05) is 42.5 Å². The Hall–Kier alpha value is -4.14. The second kappa shape index (κ2) is 8.57. The van der Waals surface area contributed by atoms with Crippen molar-refractivity contribution in [1.29, 1.82) is 0 Å². The molecule has 1 aliphatic heterocycles. The Morgan fingerprint density at radius 1 is 1.03 bits per heavy atom. The van der Waals surface area contributed by atoms with Crippen LogP contribution in [0, 0.1) is 0 Å². The van der Waals surface area contributed by atoms with Crippen LogP contribution >= 0.6 is 0 Å². The lowest BCUT2D eigenvalue weighted by Gasteiger charge is -2.26. The number of likely N-dealkylation sites (tertiary alicyclic amines) is 1. The summed E-state index contributed by atoms with van der Waals surface area (Å²) in [5, 5.41) is 9.76. The summed E-state index contributed by atoms with van der Waals surface area (Å²) in [6.07, 6.45) is -1.10. The minimum absolute atomic E-state index is 0.0863. The Labute approximate surface area is 201 Å². The molecule has 3 heterocycles. The lowest BCUT2D eigenvalue weighted by molar-refractivity contribution is -0.142. The van der Waals surface area contributed by atoms with Gasteiger partial charge in [0.2, 0.25) is 11.7 Å². The van der Waals surface area contributed by atoms with Crippen LogP contribution in [0.3, 0.4) is 0 Å². The molecule has 1 fully saturated rings. The topological polar surface area (TPSA) is 106 Å². The predicted octanol–water partition coefficient (Wildman–Crippen LogP) is 4.39. The summed E-state index contributed by atoms with van der Waals surface area (Å²) in [5.41, 5.74) is 2.43. The fourth-order valence-corrected chi connectivity index (χ4v) is 4.28. The molecule has 2 atom stereocenters. The number of benzene rings is 2. The zero-order valence-corrected chi connectivity index (χ0v) is 19.7. The number of carbonyl (C=O) groups excluding carboxylic acids is 1. The molecule has 0 spiro atoms. The normalized spacial score (nSPS) is 18.2. The molecular weight excluding hydrogens is 448 g/mol. The standard InChI is InChI=1S/C26H26N4O5/c1-26(2,3)35-25(33)29-15-17(13-21(29)23(31)32)34-22-14-19(16-9-5-4-6-10-16)28-24-27-18-11-7-8-12-20(18)30(22)24/h4-12,14,17,21H,13,15H2,1-3H3,(H,31,32)/t17-,21+/m1/s1. The smallest absolute Gasteiger partial charge is 0.411 e. The van der Waals surface area contributed by atoms with Gasteiger partial charge in [-0.15, -0.1) is 0 Å². The number of fused-ring (bicyclic) bond motifs is 3. The van der Waals surface area contributed by atoms with Crippen molar-refractivity contribution in [3.05, 3.63) is 60.7 Å². The van der Waals surface area contributed by atoms with E-state index in [1.54, 1.807) is 20.8 Å². The van der Waals surface area contributed by atoms with Gasteiger partial charge in [0.05, 0.1) is 23.3 Å². The zero-order chi connectivity index (χ0) is 24.7. The van der Waals surface area contributed by atoms with Crippen LogP contribution < -0.4 is 4.74 Å². The van der Waals surface area contributed by atoms with E-state index in [0.29, 0.717) is 17.4 Å². The third-order valence-electron chi connectivity index (χ3n) is 5.78. The number of carboxylic acid groups (broad SMARTS) is 1. The second-order valence-electron chi connectivity index (χ2n) is 9.54. The van der Waals surface area contributed by atoms with Crippen molar-refractivity contribution in [2.75, 3.05) is 6.54 Å². The molecule has 5 rings (SSSR count). The van der Waals surface area contributed by atoms with Crippen LogP contribution in [0.4, 0.5) is 4.79 Å². The quantitative estimate of drug-likeness (QED) is 0.467. The Bertz CT molecular complexity index is 1410. The average Bonchev–Trinajstić information content (AvgIpc) is 3.40. The van der Waals surface area contributed by atoms with E-state index < -0.39 is 29.8 Å². The number of ether oxygens (including phenoxy) is 2. The average molecular weight is 475 g/mol. The number of hydrogen-bond acceptors (Lipinski definition) is 6. The third kappa shape index (κ3) is 4.49. The van der Waals surface area contributed by atoms with E-state index in [1.807, 2.05) is 65.1 Å². The molecule has 0 bridgehead atoms. The van der Waals surface area contributed by atoms with Crippen LogP contribution in [0.2, 0.25) is 0 Å². The van der Waals surface area contributed by atoms with Crippen LogP contribution in [0.25, 0.3) is 28.1 Å². The molecule has 1 aliphatic rings. The third-order valence-corrected chi connectivity index (χ3v) is 5.78. The molecule has 0 unspecified atom stereocenters. The SMILES string of the molecule is CC(C)(C)OC(=O)N1C[C@H](Oc2cc(-c3ccccc3)nc3nc4ccccc4n23)C[C@H]1C(=O)O. The van der Waals surface area contributed by atoms with Crippen molar-refractivity contribution in [2.45, 2.75) is 44.9 Å². The van der Waals surface area contributed by atoms with Crippen LogP contribution in [0.15, 0.2) is 60.7 Å². The number of hydrogen-bond donors (Lipinski definition) is 1.